The molecule has 0 aliphatic carbocycles. The lowest BCUT2D eigenvalue weighted by atomic mass is 9.87. The van der Waals surface area contributed by atoms with Crippen molar-refractivity contribution in [3.63, 3.8) is 0 Å². The first-order valence-electron chi connectivity index (χ1n) is 6.64. The fourth-order valence-electron chi connectivity index (χ4n) is 2.23. The van der Waals surface area contributed by atoms with Gasteiger partial charge >= 0.3 is 0 Å². The number of ether oxygens (including phenoxy) is 1. The average molecular weight is 262 g/mol. The third-order valence-electron chi connectivity index (χ3n) is 3.48. The first kappa shape index (κ1) is 13.9. The fourth-order valence-corrected chi connectivity index (χ4v) is 2.23. The van der Waals surface area contributed by atoms with Gasteiger partial charge in [-0.2, -0.15) is 0 Å². The van der Waals surface area contributed by atoms with Crippen molar-refractivity contribution >= 4 is 11.6 Å². The topological polar surface area (TPSA) is 55.6 Å². The Bertz CT molecular complexity index is 448. The van der Waals surface area contributed by atoms with Gasteiger partial charge in [0.25, 0.3) is 0 Å². The lowest BCUT2D eigenvalue weighted by Gasteiger charge is -2.33. The van der Waals surface area contributed by atoms with Crippen LogP contribution in [-0.2, 0) is 14.9 Å². The number of carbonyl (C=O) groups is 1. The molecule has 104 valence electrons. The summed E-state index contributed by atoms with van der Waals surface area (Å²) in [5.74, 6) is -0.393. The Morgan fingerprint density at radius 1 is 1.32 bits per heavy atom. The molecule has 0 saturated carbocycles. The maximum Gasteiger partial charge on any atom is 0.248 e. The van der Waals surface area contributed by atoms with E-state index >= 15 is 0 Å². The van der Waals surface area contributed by atoms with Gasteiger partial charge in [-0.25, -0.2) is 0 Å². The van der Waals surface area contributed by atoms with E-state index in [4.69, 9.17) is 10.5 Å². The van der Waals surface area contributed by atoms with Crippen LogP contribution in [0.1, 0.15) is 26.3 Å². The van der Waals surface area contributed by atoms with Crippen molar-refractivity contribution in [1.82, 2.24) is 0 Å². The number of nitrogens with two attached hydrogens (primary N) is 1. The quantitative estimate of drug-likeness (QED) is 0.882. The summed E-state index contributed by atoms with van der Waals surface area (Å²) >= 11 is 0. The van der Waals surface area contributed by atoms with E-state index in [9.17, 15) is 4.79 Å². The second-order valence-electron chi connectivity index (χ2n) is 6.00. The fraction of sp³-hybridized carbons (Fsp3) is 0.533. The van der Waals surface area contributed by atoms with E-state index in [0.29, 0.717) is 13.2 Å². The van der Waals surface area contributed by atoms with Crippen LogP contribution < -0.4 is 10.6 Å². The molecule has 1 unspecified atom stereocenters. The van der Waals surface area contributed by atoms with Crippen LogP contribution in [0.3, 0.4) is 0 Å². The molecule has 1 atom stereocenters. The van der Waals surface area contributed by atoms with Crippen LogP contribution in [0, 0.1) is 0 Å². The zero-order valence-electron chi connectivity index (χ0n) is 11.8. The minimum Gasteiger partial charge on any atom is -0.367 e. The molecule has 2 rings (SSSR count). The number of primary amides is 1. The standard InChI is InChI=1S/C15H22N2O2/c1-15(2,3)11-4-6-12(7-5-11)17-8-9-19-13(10-17)14(16)18/h4-7,13H,8-10H2,1-3H3,(H2,16,18). The molecule has 1 aliphatic heterocycles. The van der Waals surface area contributed by atoms with Crippen LogP contribution in [0.25, 0.3) is 0 Å². The van der Waals surface area contributed by atoms with Crippen LogP contribution in [0.4, 0.5) is 5.69 Å². The van der Waals surface area contributed by atoms with Gasteiger partial charge in [-0.15, -0.1) is 0 Å². The van der Waals surface area contributed by atoms with Crippen LogP contribution in [0.2, 0.25) is 0 Å². The summed E-state index contributed by atoms with van der Waals surface area (Å²) in [6, 6.07) is 8.49. The van der Waals surface area contributed by atoms with Gasteiger partial charge in [-0.05, 0) is 23.1 Å². The molecule has 1 amide bonds. The van der Waals surface area contributed by atoms with E-state index in [1.54, 1.807) is 0 Å². The predicted octanol–water partition coefficient (Wildman–Crippen LogP) is 1.67. The summed E-state index contributed by atoms with van der Waals surface area (Å²) in [7, 11) is 0. The summed E-state index contributed by atoms with van der Waals surface area (Å²) in [5.41, 5.74) is 7.87. The monoisotopic (exact) mass is 262 g/mol. The van der Waals surface area contributed by atoms with Crippen molar-refractivity contribution < 1.29 is 9.53 Å². The molecule has 0 bridgehead atoms. The van der Waals surface area contributed by atoms with Gasteiger partial charge in [0.15, 0.2) is 6.10 Å². The zero-order valence-corrected chi connectivity index (χ0v) is 11.8. The predicted molar refractivity (Wildman–Crippen MR) is 76.3 cm³/mol. The van der Waals surface area contributed by atoms with Gasteiger partial charge in [0.1, 0.15) is 0 Å². The maximum absolute atomic E-state index is 11.2. The first-order chi connectivity index (χ1) is 8.88. The molecule has 1 fully saturated rings. The van der Waals surface area contributed by atoms with Crippen molar-refractivity contribution in [2.24, 2.45) is 5.73 Å². The summed E-state index contributed by atoms with van der Waals surface area (Å²) in [4.78, 5) is 13.3. The molecule has 4 nitrogen and oxygen atoms in total. The second-order valence-corrected chi connectivity index (χ2v) is 6.00. The second kappa shape index (κ2) is 5.21. The maximum atomic E-state index is 11.2. The highest BCUT2D eigenvalue weighted by molar-refractivity contribution is 5.79. The lowest BCUT2D eigenvalue weighted by Crippen LogP contribution is -2.48. The van der Waals surface area contributed by atoms with E-state index in [1.807, 2.05) is 0 Å². The van der Waals surface area contributed by atoms with E-state index in [0.717, 1.165) is 12.2 Å². The number of benzene rings is 1. The van der Waals surface area contributed by atoms with Gasteiger partial charge < -0.3 is 15.4 Å². The van der Waals surface area contributed by atoms with Crippen molar-refractivity contribution in [3.8, 4) is 0 Å². The summed E-state index contributed by atoms with van der Waals surface area (Å²) in [6.07, 6.45) is -0.504. The number of carbonyl (C=O) groups excluding carboxylic acids is 1. The van der Waals surface area contributed by atoms with Gasteiger partial charge in [0.2, 0.25) is 5.91 Å². The lowest BCUT2D eigenvalue weighted by molar-refractivity contribution is -0.130. The smallest absolute Gasteiger partial charge is 0.248 e. The molecular formula is C15H22N2O2. The van der Waals surface area contributed by atoms with Crippen molar-refractivity contribution in [2.45, 2.75) is 32.3 Å². The molecule has 1 aliphatic rings. The Balaban J connectivity index is 2.12. The summed E-state index contributed by atoms with van der Waals surface area (Å²) in [5, 5.41) is 0. The summed E-state index contributed by atoms with van der Waals surface area (Å²) < 4.78 is 5.35. The van der Waals surface area contributed by atoms with E-state index < -0.39 is 12.0 Å². The normalized spacial score (nSPS) is 20.4. The van der Waals surface area contributed by atoms with Crippen molar-refractivity contribution in [3.05, 3.63) is 29.8 Å². The van der Waals surface area contributed by atoms with Gasteiger partial charge in [0.05, 0.1) is 13.2 Å². The Morgan fingerprint density at radius 2 is 1.95 bits per heavy atom. The molecule has 1 aromatic carbocycles. The number of nitrogens with zero attached hydrogens (tertiary/aromatic N) is 1. The van der Waals surface area contributed by atoms with E-state index in [1.165, 1.54) is 5.56 Å². The number of hydrogen-bond donors (Lipinski definition) is 1. The van der Waals surface area contributed by atoms with Gasteiger partial charge in [0, 0.05) is 12.2 Å². The van der Waals surface area contributed by atoms with Crippen LogP contribution in [-0.4, -0.2) is 31.7 Å². The largest absolute Gasteiger partial charge is 0.367 e. The minimum atomic E-state index is -0.504. The number of morpholine rings is 1. The Labute approximate surface area is 114 Å². The molecule has 4 heteroatoms. The third kappa shape index (κ3) is 3.26. The number of rotatable bonds is 2. The number of amides is 1. The van der Waals surface area contributed by atoms with Crippen molar-refractivity contribution in [1.29, 1.82) is 0 Å². The third-order valence-corrected chi connectivity index (χ3v) is 3.48. The number of hydrogen-bond acceptors (Lipinski definition) is 3. The highest BCUT2D eigenvalue weighted by Crippen LogP contribution is 2.25. The molecular weight excluding hydrogens is 240 g/mol. The molecule has 0 aromatic heterocycles. The van der Waals surface area contributed by atoms with Gasteiger partial charge in [-0.1, -0.05) is 32.9 Å². The highest BCUT2D eigenvalue weighted by atomic mass is 16.5. The molecule has 19 heavy (non-hydrogen) atoms. The van der Waals surface area contributed by atoms with Crippen LogP contribution >= 0.6 is 0 Å². The average Bonchev–Trinajstić information content (AvgIpc) is 2.38. The zero-order chi connectivity index (χ0) is 14.0. The molecule has 1 aromatic rings. The molecule has 0 radical (unpaired) electrons. The molecule has 1 heterocycles. The Hall–Kier alpha value is -1.55. The van der Waals surface area contributed by atoms with Crippen molar-refractivity contribution in [2.75, 3.05) is 24.6 Å². The van der Waals surface area contributed by atoms with E-state index in [2.05, 4.69) is 49.9 Å². The van der Waals surface area contributed by atoms with Gasteiger partial charge in [-0.3, -0.25) is 4.79 Å². The van der Waals surface area contributed by atoms with Crippen LogP contribution in [0.5, 0.6) is 0 Å². The Kier molecular flexibility index (Phi) is 3.80. The highest BCUT2D eigenvalue weighted by Gasteiger charge is 2.25. The summed E-state index contributed by atoms with van der Waals surface area (Å²) in [6.45, 7) is 8.44. The SMILES string of the molecule is CC(C)(C)c1ccc(N2CCOC(C(N)=O)C2)cc1. The molecule has 2 N–H and O–H groups in total. The Morgan fingerprint density at radius 3 is 2.47 bits per heavy atom. The van der Waals surface area contributed by atoms with Crippen LogP contribution in [0.15, 0.2) is 24.3 Å². The molecule has 1 saturated heterocycles. The number of anilines is 1. The van der Waals surface area contributed by atoms with E-state index in [-0.39, 0.29) is 5.41 Å². The first-order valence-corrected chi connectivity index (χ1v) is 6.64. The minimum absolute atomic E-state index is 0.152. The molecule has 0 spiro atoms.